The van der Waals surface area contributed by atoms with Crippen molar-refractivity contribution in [2.24, 2.45) is 0 Å². The monoisotopic (exact) mass is 418 g/mol. The molecule has 4 rings (SSSR count). The Bertz CT molecular complexity index is 994. The Hall–Kier alpha value is -3.01. The third-order valence-electron chi connectivity index (χ3n) is 5.03. The first-order valence-electron chi connectivity index (χ1n) is 9.57. The second kappa shape index (κ2) is 8.02. The quantitative estimate of drug-likeness (QED) is 0.642. The number of halogens is 3. The second-order valence-electron chi connectivity index (χ2n) is 7.16. The van der Waals surface area contributed by atoms with Gasteiger partial charge in [-0.1, -0.05) is 6.07 Å². The summed E-state index contributed by atoms with van der Waals surface area (Å²) in [6, 6.07) is 5.98. The van der Waals surface area contributed by atoms with Crippen LogP contribution in [0.4, 0.5) is 19.0 Å². The summed E-state index contributed by atoms with van der Waals surface area (Å²) >= 11 is 0. The highest BCUT2D eigenvalue weighted by molar-refractivity contribution is 5.54. The van der Waals surface area contributed by atoms with Crippen molar-refractivity contribution < 1.29 is 17.6 Å². The van der Waals surface area contributed by atoms with Crippen LogP contribution in [-0.4, -0.2) is 51.0 Å². The smallest absolute Gasteiger partial charge is 0.433 e. The van der Waals surface area contributed by atoms with Crippen LogP contribution in [0.1, 0.15) is 23.0 Å². The Labute approximate surface area is 171 Å². The topological polar surface area (TPSA) is 71.2 Å². The van der Waals surface area contributed by atoms with Crippen LogP contribution in [0.15, 0.2) is 34.9 Å². The molecule has 30 heavy (non-hydrogen) atoms. The van der Waals surface area contributed by atoms with Crippen molar-refractivity contribution in [3.8, 4) is 11.5 Å². The molecule has 3 aromatic rings. The number of hydrogen-bond acceptors (Lipinski definition) is 7. The third kappa shape index (κ3) is 4.43. The molecule has 0 unspecified atom stereocenters. The van der Waals surface area contributed by atoms with Crippen LogP contribution >= 0.6 is 0 Å². The second-order valence-corrected chi connectivity index (χ2v) is 7.16. The molecule has 158 valence electrons. The normalized spacial score (nSPS) is 15.6. The Morgan fingerprint density at radius 3 is 2.40 bits per heavy atom. The lowest BCUT2D eigenvalue weighted by Crippen LogP contribution is -2.46. The first-order chi connectivity index (χ1) is 14.3. The lowest BCUT2D eigenvalue weighted by atomic mass is 10.2. The molecular formula is C20H21F3N6O. The van der Waals surface area contributed by atoms with Crippen LogP contribution in [0.5, 0.6) is 0 Å². The average Bonchev–Trinajstić information content (AvgIpc) is 3.05. The van der Waals surface area contributed by atoms with E-state index < -0.39 is 11.9 Å². The lowest BCUT2D eigenvalue weighted by Gasteiger charge is -2.35. The molecule has 7 nitrogen and oxygen atoms in total. The van der Waals surface area contributed by atoms with Crippen LogP contribution in [0, 0.1) is 13.8 Å². The van der Waals surface area contributed by atoms with Crippen LogP contribution < -0.4 is 4.90 Å². The number of nitrogens with zero attached hydrogens (tertiary/aromatic N) is 6. The van der Waals surface area contributed by atoms with Gasteiger partial charge in [-0.05, 0) is 26.0 Å². The summed E-state index contributed by atoms with van der Waals surface area (Å²) in [4.78, 5) is 20.5. The number of aromatic nitrogens is 4. The Morgan fingerprint density at radius 2 is 1.80 bits per heavy atom. The van der Waals surface area contributed by atoms with E-state index in [1.54, 1.807) is 18.2 Å². The number of alkyl halides is 3. The van der Waals surface area contributed by atoms with E-state index in [0.717, 1.165) is 17.5 Å². The van der Waals surface area contributed by atoms with E-state index in [2.05, 4.69) is 24.8 Å². The van der Waals surface area contributed by atoms with Crippen LogP contribution in [-0.2, 0) is 12.7 Å². The summed E-state index contributed by atoms with van der Waals surface area (Å²) in [6.07, 6.45) is -3.06. The summed E-state index contributed by atoms with van der Waals surface area (Å²) in [5.74, 6) is 1.66. The van der Waals surface area contributed by atoms with E-state index >= 15 is 0 Å². The maximum Gasteiger partial charge on any atom is 0.433 e. The summed E-state index contributed by atoms with van der Waals surface area (Å²) in [6.45, 7) is 6.72. The van der Waals surface area contributed by atoms with Gasteiger partial charge in [0.25, 0.3) is 0 Å². The first kappa shape index (κ1) is 20.3. The minimum atomic E-state index is -4.57. The molecule has 0 N–H and O–H groups in total. The van der Waals surface area contributed by atoms with Crippen molar-refractivity contribution in [1.29, 1.82) is 0 Å². The van der Waals surface area contributed by atoms with E-state index in [1.807, 2.05) is 18.7 Å². The predicted molar refractivity (Wildman–Crippen MR) is 104 cm³/mol. The molecule has 0 aliphatic carbocycles. The van der Waals surface area contributed by atoms with Crippen molar-refractivity contribution >= 4 is 5.82 Å². The van der Waals surface area contributed by atoms with Gasteiger partial charge in [-0.2, -0.15) is 13.2 Å². The highest BCUT2D eigenvalue weighted by Gasteiger charge is 2.35. The predicted octanol–water partition coefficient (Wildman–Crippen LogP) is 3.48. The Morgan fingerprint density at radius 1 is 1.03 bits per heavy atom. The van der Waals surface area contributed by atoms with Gasteiger partial charge >= 0.3 is 6.18 Å². The van der Waals surface area contributed by atoms with Gasteiger partial charge in [0.1, 0.15) is 17.3 Å². The van der Waals surface area contributed by atoms with Gasteiger partial charge in [-0.25, -0.2) is 15.0 Å². The number of pyridine rings is 1. The molecule has 0 amide bonds. The Balaban J connectivity index is 1.52. The number of aryl methyl sites for hydroxylation is 2. The van der Waals surface area contributed by atoms with Gasteiger partial charge in [0, 0.05) is 38.4 Å². The minimum Gasteiger partial charge on any atom is -0.444 e. The fraction of sp³-hybridized carbons (Fsp3) is 0.400. The summed E-state index contributed by atoms with van der Waals surface area (Å²) in [7, 11) is 0. The van der Waals surface area contributed by atoms with Crippen LogP contribution in [0.25, 0.3) is 11.5 Å². The number of anilines is 1. The minimum absolute atomic E-state index is 0.0337. The maximum atomic E-state index is 13.4. The molecule has 0 aromatic carbocycles. The molecule has 0 bridgehead atoms. The summed E-state index contributed by atoms with van der Waals surface area (Å²) < 4.78 is 45.9. The zero-order chi connectivity index (χ0) is 21.3. The number of piperazine rings is 1. The molecule has 10 heteroatoms. The van der Waals surface area contributed by atoms with Gasteiger partial charge in [0.2, 0.25) is 5.89 Å². The fourth-order valence-electron chi connectivity index (χ4n) is 3.28. The highest BCUT2D eigenvalue weighted by atomic mass is 19.4. The molecule has 3 aromatic heterocycles. The summed E-state index contributed by atoms with van der Waals surface area (Å²) in [5.41, 5.74) is 0.200. The van der Waals surface area contributed by atoms with Gasteiger partial charge in [-0.15, -0.1) is 0 Å². The van der Waals surface area contributed by atoms with Crippen LogP contribution in [0.2, 0.25) is 0 Å². The molecule has 1 aliphatic heterocycles. The van der Waals surface area contributed by atoms with Crippen molar-refractivity contribution in [3.05, 3.63) is 53.5 Å². The van der Waals surface area contributed by atoms with Crippen molar-refractivity contribution in [1.82, 2.24) is 24.8 Å². The molecule has 0 radical (unpaired) electrons. The molecule has 1 fully saturated rings. The summed E-state index contributed by atoms with van der Waals surface area (Å²) in [5, 5.41) is 0. The highest BCUT2D eigenvalue weighted by Crippen LogP contribution is 2.31. The number of rotatable bonds is 4. The number of hydrogen-bond donors (Lipinski definition) is 0. The lowest BCUT2D eigenvalue weighted by molar-refractivity contribution is -0.141. The molecular weight excluding hydrogens is 397 g/mol. The zero-order valence-corrected chi connectivity index (χ0v) is 16.6. The van der Waals surface area contributed by atoms with Crippen molar-refractivity contribution in [3.63, 3.8) is 0 Å². The van der Waals surface area contributed by atoms with Crippen molar-refractivity contribution in [2.75, 3.05) is 31.1 Å². The SMILES string of the molecule is Cc1nc(CN2CCN(c3cc(C(F)(F)F)nc(-c4ccccn4)n3)CC2)oc1C. The van der Waals surface area contributed by atoms with E-state index in [4.69, 9.17) is 4.42 Å². The molecule has 1 aliphatic rings. The van der Waals surface area contributed by atoms with E-state index in [0.29, 0.717) is 44.3 Å². The van der Waals surface area contributed by atoms with Crippen molar-refractivity contribution in [2.45, 2.75) is 26.6 Å². The molecule has 0 spiro atoms. The van der Waals surface area contributed by atoms with E-state index in [1.165, 1.54) is 6.20 Å². The van der Waals surface area contributed by atoms with Crippen LogP contribution in [0.3, 0.4) is 0 Å². The molecule has 1 saturated heterocycles. The first-order valence-corrected chi connectivity index (χ1v) is 9.57. The zero-order valence-electron chi connectivity index (χ0n) is 16.6. The molecule has 4 heterocycles. The Kier molecular flexibility index (Phi) is 5.42. The average molecular weight is 418 g/mol. The third-order valence-corrected chi connectivity index (χ3v) is 5.03. The molecule has 0 saturated carbocycles. The van der Waals surface area contributed by atoms with Gasteiger partial charge in [0.05, 0.1) is 12.2 Å². The van der Waals surface area contributed by atoms with E-state index in [-0.39, 0.29) is 11.6 Å². The van der Waals surface area contributed by atoms with Gasteiger partial charge in [-0.3, -0.25) is 9.88 Å². The van der Waals surface area contributed by atoms with E-state index in [9.17, 15) is 13.2 Å². The number of oxazole rings is 1. The van der Waals surface area contributed by atoms with Gasteiger partial charge < -0.3 is 9.32 Å². The largest absolute Gasteiger partial charge is 0.444 e. The fourth-order valence-corrected chi connectivity index (χ4v) is 3.28. The maximum absolute atomic E-state index is 13.4. The van der Waals surface area contributed by atoms with Gasteiger partial charge in [0.15, 0.2) is 11.5 Å². The molecule has 0 atom stereocenters. The standard InChI is InChI=1S/C20H21F3N6O/c1-13-14(2)30-18(25-13)12-28-7-9-29(10-8-28)17-11-16(20(21,22)23)26-19(27-17)15-5-3-4-6-24-15/h3-6,11H,7-10,12H2,1-2H3.